The second-order valence-electron chi connectivity index (χ2n) is 7.06. The highest BCUT2D eigenvalue weighted by Gasteiger charge is 2.19. The van der Waals surface area contributed by atoms with Crippen LogP contribution in [0.15, 0.2) is 35.0 Å². The van der Waals surface area contributed by atoms with Gasteiger partial charge in [-0.05, 0) is 91.3 Å². The molecule has 25 heavy (non-hydrogen) atoms. The van der Waals surface area contributed by atoms with Gasteiger partial charge in [-0.3, -0.25) is 4.90 Å². The van der Waals surface area contributed by atoms with Gasteiger partial charge >= 0.3 is 6.03 Å². The molecule has 4 nitrogen and oxygen atoms in total. The van der Waals surface area contributed by atoms with E-state index in [0.717, 1.165) is 55.8 Å². The molecule has 5 heteroatoms. The molecule has 1 fully saturated rings. The average molecular weight is 358 g/mol. The van der Waals surface area contributed by atoms with Gasteiger partial charge in [-0.2, -0.15) is 11.3 Å². The van der Waals surface area contributed by atoms with Gasteiger partial charge in [-0.1, -0.05) is 6.07 Å². The van der Waals surface area contributed by atoms with E-state index in [1.165, 1.54) is 5.56 Å². The maximum atomic E-state index is 12.1. The van der Waals surface area contributed by atoms with Crippen molar-refractivity contribution < 1.29 is 4.79 Å². The third-order valence-corrected chi connectivity index (χ3v) is 5.46. The van der Waals surface area contributed by atoms with Gasteiger partial charge in [0, 0.05) is 18.8 Å². The molecule has 1 aromatic heterocycles. The number of carbonyl (C=O) groups is 1. The maximum Gasteiger partial charge on any atom is 0.319 e. The summed E-state index contributed by atoms with van der Waals surface area (Å²) in [6.45, 7) is 8.11. The van der Waals surface area contributed by atoms with Crippen LogP contribution >= 0.6 is 11.3 Å². The molecule has 2 aromatic rings. The van der Waals surface area contributed by atoms with Crippen LogP contribution in [0.3, 0.4) is 0 Å². The van der Waals surface area contributed by atoms with Crippen molar-refractivity contribution in [2.75, 3.05) is 25.0 Å². The quantitative estimate of drug-likeness (QED) is 0.833. The smallest absolute Gasteiger partial charge is 0.319 e. The van der Waals surface area contributed by atoms with E-state index in [1.807, 2.05) is 26.0 Å². The molecule has 0 atom stereocenters. The van der Waals surface area contributed by atoms with Gasteiger partial charge in [0.15, 0.2) is 0 Å². The van der Waals surface area contributed by atoms with Crippen LogP contribution in [-0.2, 0) is 6.54 Å². The summed E-state index contributed by atoms with van der Waals surface area (Å²) in [5, 5.41) is 10.3. The summed E-state index contributed by atoms with van der Waals surface area (Å²) in [6, 6.07) is 8.19. The van der Waals surface area contributed by atoms with Crippen LogP contribution in [-0.4, -0.2) is 30.6 Å². The van der Waals surface area contributed by atoms with Gasteiger partial charge in [0.25, 0.3) is 0 Å². The van der Waals surface area contributed by atoms with E-state index in [9.17, 15) is 4.79 Å². The molecule has 2 heterocycles. The zero-order valence-electron chi connectivity index (χ0n) is 15.0. The summed E-state index contributed by atoms with van der Waals surface area (Å²) in [7, 11) is 0. The molecule has 1 aliphatic heterocycles. The Balaban J connectivity index is 1.38. The molecule has 2 N–H and O–H groups in total. The number of nitrogens with zero attached hydrogens (tertiary/aromatic N) is 1. The Bertz CT molecular complexity index is 671. The van der Waals surface area contributed by atoms with Crippen molar-refractivity contribution in [2.45, 2.75) is 33.2 Å². The number of amides is 2. The first kappa shape index (κ1) is 18.0. The lowest BCUT2D eigenvalue weighted by Crippen LogP contribution is -2.39. The fraction of sp³-hybridized carbons (Fsp3) is 0.450. The van der Waals surface area contributed by atoms with E-state index in [1.54, 1.807) is 11.3 Å². The molecule has 0 unspecified atom stereocenters. The summed E-state index contributed by atoms with van der Waals surface area (Å²) in [5.74, 6) is 0.573. The maximum absolute atomic E-state index is 12.1. The number of anilines is 1. The fourth-order valence-electron chi connectivity index (χ4n) is 3.45. The van der Waals surface area contributed by atoms with E-state index in [-0.39, 0.29) is 6.03 Å². The lowest BCUT2D eigenvalue weighted by molar-refractivity contribution is 0.176. The topological polar surface area (TPSA) is 44.4 Å². The molecule has 0 radical (unpaired) electrons. The number of piperidine rings is 1. The van der Waals surface area contributed by atoms with Crippen molar-refractivity contribution in [1.82, 2.24) is 10.2 Å². The van der Waals surface area contributed by atoms with E-state index in [4.69, 9.17) is 0 Å². The molecule has 2 amide bonds. The minimum Gasteiger partial charge on any atom is -0.338 e. The lowest BCUT2D eigenvalue weighted by atomic mass is 9.96. The van der Waals surface area contributed by atoms with E-state index >= 15 is 0 Å². The number of thiophene rings is 1. The highest BCUT2D eigenvalue weighted by molar-refractivity contribution is 7.07. The lowest BCUT2D eigenvalue weighted by Gasteiger charge is -2.31. The van der Waals surface area contributed by atoms with Crippen LogP contribution in [0.2, 0.25) is 0 Å². The van der Waals surface area contributed by atoms with E-state index in [2.05, 4.69) is 38.4 Å². The van der Waals surface area contributed by atoms with Crippen molar-refractivity contribution in [3.05, 3.63) is 51.7 Å². The van der Waals surface area contributed by atoms with Gasteiger partial charge in [-0.25, -0.2) is 4.79 Å². The molecule has 0 saturated carbocycles. The van der Waals surface area contributed by atoms with Crippen molar-refractivity contribution in [2.24, 2.45) is 5.92 Å². The molecule has 1 aromatic carbocycles. The van der Waals surface area contributed by atoms with Crippen LogP contribution in [0.4, 0.5) is 10.5 Å². The Hall–Kier alpha value is -1.85. The molecule has 134 valence electrons. The Kier molecular flexibility index (Phi) is 6.10. The Labute approximate surface area is 154 Å². The second kappa shape index (κ2) is 8.50. The number of carbonyl (C=O) groups excluding carboxylic acids is 1. The number of urea groups is 1. The first-order chi connectivity index (χ1) is 12.1. The van der Waals surface area contributed by atoms with Crippen molar-refractivity contribution in [1.29, 1.82) is 0 Å². The highest BCUT2D eigenvalue weighted by Crippen LogP contribution is 2.19. The number of likely N-dealkylation sites (tertiary alicyclic amines) is 1. The summed E-state index contributed by atoms with van der Waals surface area (Å²) in [4.78, 5) is 14.6. The first-order valence-electron chi connectivity index (χ1n) is 8.95. The minimum atomic E-state index is -0.106. The second-order valence-corrected chi connectivity index (χ2v) is 7.84. The summed E-state index contributed by atoms with van der Waals surface area (Å²) < 4.78 is 0. The predicted octanol–water partition coefficient (Wildman–Crippen LogP) is 4.40. The first-order valence-corrected chi connectivity index (χ1v) is 9.89. The number of hydrogen-bond donors (Lipinski definition) is 2. The predicted molar refractivity (Wildman–Crippen MR) is 105 cm³/mol. The van der Waals surface area contributed by atoms with Crippen LogP contribution in [0.1, 0.15) is 29.5 Å². The Morgan fingerprint density at radius 1 is 1.20 bits per heavy atom. The summed E-state index contributed by atoms with van der Waals surface area (Å²) in [5.41, 5.74) is 4.59. The molecular weight excluding hydrogens is 330 g/mol. The molecule has 0 aliphatic carbocycles. The molecule has 0 bridgehead atoms. The zero-order chi connectivity index (χ0) is 17.6. The third-order valence-electron chi connectivity index (χ3n) is 4.72. The Morgan fingerprint density at radius 3 is 2.56 bits per heavy atom. The SMILES string of the molecule is Cc1cc(C)cc(NC(=O)NCC2CCN(Cc3ccsc3)CC2)c1. The standard InChI is InChI=1S/C20H27N3OS/c1-15-9-16(2)11-19(10-15)22-20(24)21-12-17-3-6-23(7-4-17)13-18-5-8-25-14-18/h5,8-11,14,17H,3-4,6-7,12-13H2,1-2H3,(H2,21,22,24). The third kappa shape index (κ3) is 5.58. The molecule has 3 rings (SSSR count). The number of nitrogens with one attached hydrogen (secondary N) is 2. The zero-order valence-corrected chi connectivity index (χ0v) is 15.9. The van der Waals surface area contributed by atoms with Crippen LogP contribution in [0, 0.1) is 19.8 Å². The highest BCUT2D eigenvalue weighted by atomic mass is 32.1. The largest absolute Gasteiger partial charge is 0.338 e. The van der Waals surface area contributed by atoms with Crippen molar-refractivity contribution in [3.8, 4) is 0 Å². The van der Waals surface area contributed by atoms with Crippen LogP contribution in [0.5, 0.6) is 0 Å². The number of benzene rings is 1. The number of hydrogen-bond acceptors (Lipinski definition) is 3. The molecule has 1 aliphatic rings. The Morgan fingerprint density at radius 2 is 1.92 bits per heavy atom. The van der Waals surface area contributed by atoms with E-state index < -0.39 is 0 Å². The van der Waals surface area contributed by atoms with Gasteiger partial charge in [0.2, 0.25) is 0 Å². The molecular formula is C20H27N3OS. The molecule has 1 saturated heterocycles. The van der Waals surface area contributed by atoms with Crippen molar-refractivity contribution in [3.63, 3.8) is 0 Å². The van der Waals surface area contributed by atoms with Crippen molar-refractivity contribution >= 4 is 23.1 Å². The monoisotopic (exact) mass is 357 g/mol. The fourth-order valence-corrected chi connectivity index (χ4v) is 4.11. The normalized spacial score (nSPS) is 15.9. The van der Waals surface area contributed by atoms with Gasteiger partial charge in [0.05, 0.1) is 0 Å². The summed E-state index contributed by atoms with van der Waals surface area (Å²) in [6.07, 6.45) is 2.29. The van der Waals surface area contributed by atoms with E-state index in [0.29, 0.717) is 5.92 Å². The average Bonchev–Trinajstić information content (AvgIpc) is 3.06. The summed E-state index contributed by atoms with van der Waals surface area (Å²) >= 11 is 1.76. The number of aryl methyl sites for hydroxylation is 2. The van der Waals surface area contributed by atoms with Gasteiger partial charge in [0.1, 0.15) is 0 Å². The van der Waals surface area contributed by atoms with Gasteiger partial charge in [-0.15, -0.1) is 0 Å². The van der Waals surface area contributed by atoms with Crippen LogP contribution < -0.4 is 10.6 Å². The molecule has 0 spiro atoms. The minimum absolute atomic E-state index is 0.106. The number of rotatable bonds is 5. The van der Waals surface area contributed by atoms with Crippen LogP contribution in [0.25, 0.3) is 0 Å². The van der Waals surface area contributed by atoms with Gasteiger partial charge < -0.3 is 10.6 Å².